The highest BCUT2D eigenvalue weighted by Gasteiger charge is 2.32. The van der Waals surface area contributed by atoms with Gasteiger partial charge in [-0.3, -0.25) is 13.9 Å². The van der Waals surface area contributed by atoms with E-state index in [9.17, 15) is 18.0 Å². The number of halogens is 4. The second-order valence-electron chi connectivity index (χ2n) is 7.82. The third-order valence-corrected chi connectivity index (χ3v) is 7.69. The van der Waals surface area contributed by atoms with Crippen LogP contribution in [0.1, 0.15) is 32.3 Å². The summed E-state index contributed by atoms with van der Waals surface area (Å²) in [5, 5.41) is 3.67. The zero-order valence-corrected chi connectivity index (χ0v) is 23.4. The Morgan fingerprint density at radius 2 is 1.71 bits per heavy atom. The zero-order valence-electron chi connectivity index (χ0n) is 19.5. The van der Waals surface area contributed by atoms with Crippen LogP contribution in [0.15, 0.2) is 36.4 Å². The standard InChI is InChI=1S/C23H27Cl4N3O4S/c1-4-11-28-23(32)19(5-2)29(13-15-9-10-16(24)12-18(15)26)21(31)14-30(35(3,33)34)20-8-6-7-17(25)22(20)27/h6-10,12,19H,4-5,11,13-14H2,1-3H3,(H,28,32)/t19-/m1/s1. The number of hydrogen-bond acceptors (Lipinski definition) is 4. The van der Waals surface area contributed by atoms with Gasteiger partial charge in [0.1, 0.15) is 12.6 Å². The molecule has 0 bridgehead atoms. The van der Waals surface area contributed by atoms with Crippen LogP contribution in [-0.2, 0) is 26.2 Å². The summed E-state index contributed by atoms with van der Waals surface area (Å²) in [7, 11) is -3.94. The molecule has 35 heavy (non-hydrogen) atoms. The van der Waals surface area contributed by atoms with Crippen LogP contribution < -0.4 is 9.62 Å². The molecule has 2 aromatic carbocycles. The van der Waals surface area contributed by atoms with Gasteiger partial charge in [-0.05, 0) is 42.7 Å². The number of anilines is 1. The summed E-state index contributed by atoms with van der Waals surface area (Å²) in [6.45, 7) is 3.49. The summed E-state index contributed by atoms with van der Waals surface area (Å²) >= 11 is 24.7. The van der Waals surface area contributed by atoms with Gasteiger partial charge in [-0.25, -0.2) is 8.42 Å². The van der Waals surface area contributed by atoms with Gasteiger partial charge in [0.05, 0.1) is 22.0 Å². The lowest BCUT2D eigenvalue weighted by Crippen LogP contribution is -2.52. The Morgan fingerprint density at radius 3 is 2.29 bits per heavy atom. The molecule has 2 amide bonds. The molecule has 2 rings (SSSR count). The summed E-state index contributed by atoms with van der Waals surface area (Å²) in [5.74, 6) is -0.963. The highest BCUT2D eigenvalue weighted by molar-refractivity contribution is 7.92. The van der Waals surface area contributed by atoms with Gasteiger partial charge in [-0.2, -0.15) is 0 Å². The fourth-order valence-corrected chi connectivity index (χ4v) is 5.17. The summed E-state index contributed by atoms with van der Waals surface area (Å²) in [5.41, 5.74) is 0.612. The molecule has 0 unspecified atom stereocenters. The maximum absolute atomic E-state index is 13.6. The number of nitrogens with zero attached hydrogens (tertiary/aromatic N) is 2. The number of amides is 2. The highest BCUT2D eigenvalue weighted by atomic mass is 35.5. The minimum Gasteiger partial charge on any atom is -0.354 e. The quantitative estimate of drug-likeness (QED) is 0.384. The molecule has 0 spiro atoms. The minimum absolute atomic E-state index is 0.00702. The van der Waals surface area contributed by atoms with Crippen LogP contribution in [0.4, 0.5) is 5.69 Å². The largest absolute Gasteiger partial charge is 0.354 e. The van der Waals surface area contributed by atoms with E-state index in [1.807, 2.05) is 6.92 Å². The number of carbonyl (C=O) groups is 2. The molecule has 0 aliphatic rings. The molecule has 1 atom stereocenters. The van der Waals surface area contributed by atoms with E-state index < -0.39 is 28.5 Å². The Balaban J connectivity index is 2.50. The van der Waals surface area contributed by atoms with E-state index in [2.05, 4.69) is 5.32 Å². The summed E-state index contributed by atoms with van der Waals surface area (Å²) < 4.78 is 26.2. The fraction of sp³-hybridized carbons (Fsp3) is 0.391. The van der Waals surface area contributed by atoms with Gasteiger partial charge in [0.15, 0.2) is 0 Å². The molecule has 0 saturated carbocycles. The lowest BCUT2D eigenvalue weighted by atomic mass is 10.1. The normalized spacial score (nSPS) is 12.2. The number of hydrogen-bond donors (Lipinski definition) is 1. The molecular formula is C23H27Cl4N3O4S. The van der Waals surface area contributed by atoms with Crippen molar-refractivity contribution >= 4 is 73.9 Å². The molecule has 0 saturated heterocycles. The first-order valence-corrected chi connectivity index (χ1v) is 14.2. The van der Waals surface area contributed by atoms with Crippen molar-refractivity contribution < 1.29 is 18.0 Å². The SMILES string of the molecule is CCCNC(=O)[C@@H](CC)N(Cc1ccc(Cl)cc1Cl)C(=O)CN(c1cccc(Cl)c1Cl)S(C)(=O)=O. The summed E-state index contributed by atoms with van der Waals surface area (Å²) in [6, 6.07) is 8.45. The Kier molecular flexibility index (Phi) is 11.0. The molecule has 12 heteroatoms. The monoisotopic (exact) mass is 581 g/mol. The summed E-state index contributed by atoms with van der Waals surface area (Å²) in [6.07, 6.45) is 1.97. The van der Waals surface area contributed by atoms with Crippen molar-refractivity contribution in [2.75, 3.05) is 23.7 Å². The number of rotatable bonds is 11. The molecule has 2 aromatic rings. The predicted octanol–water partition coefficient (Wildman–Crippen LogP) is 5.40. The average Bonchev–Trinajstić information content (AvgIpc) is 2.78. The lowest BCUT2D eigenvalue weighted by Gasteiger charge is -2.33. The van der Waals surface area contributed by atoms with Gasteiger partial charge < -0.3 is 10.2 Å². The average molecular weight is 583 g/mol. The van der Waals surface area contributed by atoms with Crippen molar-refractivity contribution in [2.45, 2.75) is 39.3 Å². The van der Waals surface area contributed by atoms with Gasteiger partial charge in [0.25, 0.3) is 0 Å². The molecule has 0 radical (unpaired) electrons. The minimum atomic E-state index is -3.94. The van der Waals surface area contributed by atoms with Crippen molar-refractivity contribution in [3.8, 4) is 0 Å². The Labute approximate surface area is 226 Å². The van der Waals surface area contributed by atoms with E-state index in [0.29, 0.717) is 35.0 Å². The molecule has 0 aromatic heterocycles. The van der Waals surface area contributed by atoms with Crippen LogP contribution in [0.25, 0.3) is 0 Å². The smallest absolute Gasteiger partial charge is 0.244 e. The Hall–Kier alpha value is -1.71. The second kappa shape index (κ2) is 13.0. The van der Waals surface area contributed by atoms with Crippen molar-refractivity contribution in [3.63, 3.8) is 0 Å². The van der Waals surface area contributed by atoms with Gasteiger partial charge in [0, 0.05) is 23.1 Å². The fourth-order valence-electron chi connectivity index (χ4n) is 3.40. The van der Waals surface area contributed by atoms with Crippen molar-refractivity contribution in [2.24, 2.45) is 0 Å². The third kappa shape index (κ3) is 7.89. The maximum Gasteiger partial charge on any atom is 0.244 e. The Bertz CT molecular complexity index is 1180. The molecule has 0 aliphatic heterocycles. The number of benzene rings is 2. The van der Waals surface area contributed by atoms with Crippen LogP contribution in [0, 0.1) is 0 Å². The third-order valence-electron chi connectivity index (χ3n) is 5.17. The van der Waals surface area contributed by atoms with Crippen molar-refractivity contribution in [1.82, 2.24) is 10.2 Å². The van der Waals surface area contributed by atoms with E-state index in [1.54, 1.807) is 19.1 Å². The van der Waals surface area contributed by atoms with Gasteiger partial charge >= 0.3 is 0 Å². The van der Waals surface area contributed by atoms with Crippen LogP contribution in [0.5, 0.6) is 0 Å². The van der Waals surface area contributed by atoms with E-state index in [1.165, 1.54) is 29.2 Å². The topological polar surface area (TPSA) is 86.8 Å². The van der Waals surface area contributed by atoms with Crippen molar-refractivity contribution in [3.05, 3.63) is 62.1 Å². The highest BCUT2D eigenvalue weighted by Crippen LogP contribution is 2.34. The first-order chi connectivity index (χ1) is 16.4. The number of sulfonamides is 1. The van der Waals surface area contributed by atoms with Crippen LogP contribution >= 0.6 is 46.4 Å². The van der Waals surface area contributed by atoms with Crippen molar-refractivity contribution in [1.29, 1.82) is 0 Å². The van der Waals surface area contributed by atoms with E-state index in [4.69, 9.17) is 46.4 Å². The van der Waals surface area contributed by atoms with E-state index in [0.717, 1.165) is 10.6 Å². The molecule has 1 N–H and O–H groups in total. The van der Waals surface area contributed by atoms with Gasteiger partial charge in [0.2, 0.25) is 21.8 Å². The zero-order chi connectivity index (χ0) is 26.3. The number of nitrogens with one attached hydrogen (secondary N) is 1. The van der Waals surface area contributed by atoms with E-state index >= 15 is 0 Å². The first-order valence-electron chi connectivity index (χ1n) is 10.8. The first kappa shape index (κ1) is 29.5. The van der Waals surface area contributed by atoms with Crippen LogP contribution in [-0.4, -0.2) is 50.5 Å². The van der Waals surface area contributed by atoms with Gasteiger partial charge in [-0.1, -0.05) is 72.4 Å². The second-order valence-corrected chi connectivity index (χ2v) is 11.4. The molecule has 192 valence electrons. The lowest BCUT2D eigenvalue weighted by molar-refractivity contribution is -0.140. The van der Waals surface area contributed by atoms with Crippen LogP contribution in [0.2, 0.25) is 20.1 Å². The molecular weight excluding hydrogens is 556 g/mol. The molecule has 0 aliphatic carbocycles. The molecule has 0 heterocycles. The van der Waals surface area contributed by atoms with Crippen LogP contribution in [0.3, 0.4) is 0 Å². The summed E-state index contributed by atoms with van der Waals surface area (Å²) in [4.78, 5) is 27.9. The molecule has 0 fully saturated rings. The maximum atomic E-state index is 13.6. The molecule has 7 nitrogen and oxygen atoms in total. The van der Waals surface area contributed by atoms with E-state index in [-0.39, 0.29) is 28.2 Å². The number of carbonyl (C=O) groups excluding carboxylic acids is 2. The Morgan fingerprint density at radius 1 is 1.03 bits per heavy atom. The predicted molar refractivity (Wildman–Crippen MR) is 143 cm³/mol. The van der Waals surface area contributed by atoms with Gasteiger partial charge in [-0.15, -0.1) is 0 Å².